The number of carbonyl (C=O) groups excluding carboxylic acids is 1. The summed E-state index contributed by atoms with van der Waals surface area (Å²) in [5.74, 6) is 0.399. The number of anilines is 1. The van der Waals surface area contributed by atoms with E-state index in [9.17, 15) is 4.79 Å². The topological polar surface area (TPSA) is 47.6 Å². The molecule has 0 atom stereocenters. The lowest BCUT2D eigenvalue weighted by Gasteiger charge is -2.25. The maximum atomic E-state index is 11.7. The number of ether oxygens (including phenoxy) is 2. The Balaban J connectivity index is 3.05. The van der Waals surface area contributed by atoms with Gasteiger partial charge in [-0.05, 0) is 38.0 Å². The van der Waals surface area contributed by atoms with Gasteiger partial charge in [-0.25, -0.2) is 4.79 Å². The number of benzene rings is 1. The second kappa shape index (κ2) is 5.76. The van der Waals surface area contributed by atoms with Gasteiger partial charge in [0, 0.05) is 0 Å². The normalized spacial score (nSPS) is 10.9. The second-order valence-electron chi connectivity index (χ2n) is 4.63. The molecule has 0 heterocycles. The van der Waals surface area contributed by atoms with E-state index >= 15 is 0 Å². The maximum absolute atomic E-state index is 11.7. The lowest BCUT2D eigenvalue weighted by atomic mass is 10.0. The van der Waals surface area contributed by atoms with Crippen LogP contribution in [0.2, 0.25) is 0 Å². The SMILES string of the molecule is CCc1ccc(OC)c(NC(C)(C)C(=O)OC)c1. The number of esters is 1. The first-order chi connectivity index (χ1) is 8.44. The third-order valence-corrected chi connectivity index (χ3v) is 2.82. The van der Waals surface area contributed by atoms with Crippen LogP contribution in [0.25, 0.3) is 0 Å². The smallest absolute Gasteiger partial charge is 0.330 e. The molecule has 18 heavy (non-hydrogen) atoms. The molecule has 0 aliphatic carbocycles. The van der Waals surface area contributed by atoms with Crippen LogP contribution in [0.15, 0.2) is 18.2 Å². The van der Waals surface area contributed by atoms with E-state index < -0.39 is 5.54 Å². The first-order valence-electron chi connectivity index (χ1n) is 5.98. The molecule has 0 saturated carbocycles. The van der Waals surface area contributed by atoms with Crippen molar-refractivity contribution in [1.82, 2.24) is 0 Å². The monoisotopic (exact) mass is 251 g/mol. The summed E-state index contributed by atoms with van der Waals surface area (Å²) in [6.07, 6.45) is 0.928. The Bertz CT molecular complexity index is 427. The minimum Gasteiger partial charge on any atom is -0.495 e. The zero-order valence-corrected chi connectivity index (χ0v) is 11.7. The van der Waals surface area contributed by atoms with Crippen LogP contribution in [0.3, 0.4) is 0 Å². The molecule has 1 aromatic rings. The van der Waals surface area contributed by atoms with Crippen molar-refractivity contribution >= 4 is 11.7 Å². The van der Waals surface area contributed by atoms with Crippen molar-refractivity contribution in [3.63, 3.8) is 0 Å². The van der Waals surface area contributed by atoms with E-state index in [0.29, 0.717) is 5.75 Å². The predicted octanol–water partition coefficient (Wildman–Crippen LogP) is 2.62. The van der Waals surface area contributed by atoms with Gasteiger partial charge in [-0.2, -0.15) is 0 Å². The Labute approximate surface area is 108 Å². The molecule has 0 fully saturated rings. The van der Waals surface area contributed by atoms with Crippen LogP contribution in [0.5, 0.6) is 5.75 Å². The number of rotatable bonds is 5. The average Bonchev–Trinajstić information content (AvgIpc) is 2.37. The summed E-state index contributed by atoms with van der Waals surface area (Å²) in [6, 6.07) is 5.90. The lowest BCUT2D eigenvalue weighted by Crippen LogP contribution is -2.41. The van der Waals surface area contributed by atoms with Crippen LogP contribution in [0, 0.1) is 0 Å². The van der Waals surface area contributed by atoms with E-state index in [0.717, 1.165) is 12.1 Å². The van der Waals surface area contributed by atoms with E-state index in [-0.39, 0.29) is 5.97 Å². The van der Waals surface area contributed by atoms with Crippen LogP contribution in [-0.2, 0) is 16.0 Å². The van der Waals surface area contributed by atoms with Crippen molar-refractivity contribution in [3.8, 4) is 5.75 Å². The fraction of sp³-hybridized carbons (Fsp3) is 0.500. The van der Waals surface area contributed by atoms with Crippen molar-refractivity contribution in [2.24, 2.45) is 0 Å². The quantitative estimate of drug-likeness (QED) is 0.817. The van der Waals surface area contributed by atoms with Crippen LogP contribution < -0.4 is 10.1 Å². The summed E-state index contributed by atoms with van der Waals surface area (Å²) in [4.78, 5) is 11.7. The van der Waals surface area contributed by atoms with Crippen molar-refractivity contribution in [3.05, 3.63) is 23.8 Å². The molecule has 0 amide bonds. The largest absolute Gasteiger partial charge is 0.495 e. The molecule has 4 heteroatoms. The minimum atomic E-state index is -0.797. The Morgan fingerprint density at radius 3 is 2.50 bits per heavy atom. The molecule has 100 valence electrons. The highest BCUT2D eigenvalue weighted by Gasteiger charge is 2.29. The molecule has 0 aliphatic rings. The number of methoxy groups -OCH3 is 2. The van der Waals surface area contributed by atoms with Gasteiger partial charge in [0.1, 0.15) is 11.3 Å². The third-order valence-electron chi connectivity index (χ3n) is 2.82. The molecule has 0 radical (unpaired) electrons. The van der Waals surface area contributed by atoms with Crippen molar-refractivity contribution in [1.29, 1.82) is 0 Å². The van der Waals surface area contributed by atoms with Crippen LogP contribution in [-0.4, -0.2) is 25.7 Å². The highest BCUT2D eigenvalue weighted by atomic mass is 16.5. The fourth-order valence-corrected chi connectivity index (χ4v) is 1.72. The lowest BCUT2D eigenvalue weighted by molar-refractivity contribution is -0.144. The molecule has 0 spiro atoms. The standard InChI is InChI=1S/C14H21NO3/c1-6-10-7-8-12(17-4)11(9-10)15-14(2,3)13(16)18-5/h7-9,15H,6H2,1-5H3. The van der Waals surface area contributed by atoms with Crippen LogP contribution in [0.1, 0.15) is 26.3 Å². The van der Waals surface area contributed by atoms with Gasteiger partial charge in [-0.15, -0.1) is 0 Å². The number of hydrogen-bond acceptors (Lipinski definition) is 4. The Morgan fingerprint density at radius 2 is 2.00 bits per heavy atom. The molecule has 1 rings (SSSR count). The molecule has 0 saturated heterocycles. The summed E-state index contributed by atoms with van der Waals surface area (Å²) < 4.78 is 10.1. The van der Waals surface area contributed by atoms with Crippen molar-refractivity contribution in [2.75, 3.05) is 19.5 Å². The number of carbonyl (C=O) groups is 1. The zero-order chi connectivity index (χ0) is 13.8. The molecular formula is C14H21NO3. The van der Waals surface area contributed by atoms with Crippen molar-refractivity contribution < 1.29 is 14.3 Å². The summed E-state index contributed by atoms with van der Waals surface area (Å²) in [5, 5.41) is 3.16. The zero-order valence-electron chi connectivity index (χ0n) is 11.7. The van der Waals surface area contributed by atoms with E-state index in [2.05, 4.69) is 12.2 Å². The van der Waals surface area contributed by atoms with E-state index in [1.54, 1.807) is 21.0 Å². The van der Waals surface area contributed by atoms with Crippen LogP contribution >= 0.6 is 0 Å². The highest BCUT2D eigenvalue weighted by molar-refractivity contribution is 5.84. The van der Waals surface area contributed by atoms with Crippen molar-refractivity contribution in [2.45, 2.75) is 32.7 Å². The molecule has 1 N–H and O–H groups in total. The summed E-state index contributed by atoms with van der Waals surface area (Å²) in [5.41, 5.74) is 1.18. The van der Waals surface area contributed by atoms with E-state index in [4.69, 9.17) is 9.47 Å². The van der Waals surface area contributed by atoms with Gasteiger partial charge in [0.05, 0.1) is 19.9 Å². The highest BCUT2D eigenvalue weighted by Crippen LogP contribution is 2.28. The van der Waals surface area contributed by atoms with Gasteiger partial charge >= 0.3 is 5.97 Å². The minimum absolute atomic E-state index is 0.313. The Hall–Kier alpha value is -1.71. The predicted molar refractivity (Wildman–Crippen MR) is 72.1 cm³/mol. The molecular weight excluding hydrogens is 230 g/mol. The number of aryl methyl sites for hydroxylation is 1. The van der Waals surface area contributed by atoms with Gasteiger partial charge in [0.2, 0.25) is 0 Å². The van der Waals surface area contributed by atoms with Gasteiger partial charge < -0.3 is 14.8 Å². The van der Waals surface area contributed by atoms with Crippen LogP contribution in [0.4, 0.5) is 5.69 Å². The average molecular weight is 251 g/mol. The first-order valence-corrected chi connectivity index (χ1v) is 5.98. The third kappa shape index (κ3) is 3.15. The molecule has 0 aromatic heterocycles. The number of nitrogens with one attached hydrogen (secondary N) is 1. The molecule has 0 unspecified atom stereocenters. The summed E-state index contributed by atoms with van der Waals surface area (Å²) in [6.45, 7) is 5.63. The summed E-state index contributed by atoms with van der Waals surface area (Å²) in [7, 11) is 2.99. The molecule has 0 bridgehead atoms. The van der Waals surface area contributed by atoms with Gasteiger partial charge in [0.25, 0.3) is 0 Å². The molecule has 1 aromatic carbocycles. The Morgan fingerprint density at radius 1 is 1.33 bits per heavy atom. The van der Waals surface area contributed by atoms with E-state index in [1.807, 2.05) is 18.2 Å². The first kappa shape index (κ1) is 14.4. The van der Waals surface area contributed by atoms with E-state index in [1.165, 1.54) is 12.7 Å². The van der Waals surface area contributed by atoms with Gasteiger partial charge in [0.15, 0.2) is 0 Å². The molecule has 4 nitrogen and oxygen atoms in total. The maximum Gasteiger partial charge on any atom is 0.330 e. The number of hydrogen-bond donors (Lipinski definition) is 1. The van der Waals surface area contributed by atoms with Gasteiger partial charge in [-0.1, -0.05) is 13.0 Å². The fourth-order valence-electron chi connectivity index (χ4n) is 1.72. The van der Waals surface area contributed by atoms with Gasteiger partial charge in [-0.3, -0.25) is 0 Å². The second-order valence-corrected chi connectivity index (χ2v) is 4.63. The summed E-state index contributed by atoms with van der Waals surface area (Å²) >= 11 is 0. The Kier molecular flexibility index (Phi) is 4.59. The molecule has 0 aliphatic heterocycles.